The number of para-hydroxylation sites is 1. The number of aryl methyl sites for hydroxylation is 2. The van der Waals surface area contributed by atoms with Crippen LogP contribution in [0.4, 0.5) is 5.69 Å². The SMILES string of the molecule is C=CCN(C(=O)C1CCN(S(=O)(=O)c2ccc3c(c2)CCC3)CC1)c1ccccc1. The fraction of sp³-hybridized carbons (Fsp3) is 0.375. The molecule has 2 aromatic rings. The predicted molar refractivity (Wildman–Crippen MR) is 119 cm³/mol. The average Bonchev–Trinajstić information content (AvgIpc) is 3.26. The molecule has 1 amide bonds. The van der Waals surface area contributed by atoms with E-state index in [0.29, 0.717) is 37.4 Å². The van der Waals surface area contributed by atoms with Gasteiger partial charge in [-0.3, -0.25) is 4.79 Å². The number of piperidine rings is 1. The number of fused-ring (bicyclic) bond motifs is 1. The second-order valence-electron chi connectivity index (χ2n) is 8.04. The number of hydrogen-bond acceptors (Lipinski definition) is 3. The Morgan fingerprint density at radius 3 is 2.47 bits per heavy atom. The van der Waals surface area contributed by atoms with Crippen LogP contribution in [0.1, 0.15) is 30.4 Å². The lowest BCUT2D eigenvalue weighted by Crippen LogP contribution is -2.44. The summed E-state index contributed by atoms with van der Waals surface area (Å²) < 4.78 is 27.8. The lowest BCUT2D eigenvalue weighted by molar-refractivity contribution is -0.123. The number of hydrogen-bond donors (Lipinski definition) is 0. The Kier molecular flexibility index (Phi) is 6.06. The Labute approximate surface area is 179 Å². The summed E-state index contributed by atoms with van der Waals surface area (Å²) in [6.07, 6.45) is 5.86. The van der Waals surface area contributed by atoms with E-state index < -0.39 is 10.0 Å². The van der Waals surface area contributed by atoms with Crippen molar-refractivity contribution < 1.29 is 13.2 Å². The Bertz CT molecular complexity index is 1030. The highest BCUT2D eigenvalue weighted by Crippen LogP contribution is 2.29. The summed E-state index contributed by atoms with van der Waals surface area (Å²) in [6, 6.07) is 15.1. The van der Waals surface area contributed by atoms with Gasteiger partial charge in [-0.2, -0.15) is 4.31 Å². The molecule has 0 aromatic heterocycles. The summed E-state index contributed by atoms with van der Waals surface area (Å²) in [4.78, 5) is 15.3. The predicted octanol–water partition coefficient (Wildman–Crippen LogP) is 3.80. The van der Waals surface area contributed by atoms with Gasteiger partial charge in [-0.25, -0.2) is 8.42 Å². The quantitative estimate of drug-likeness (QED) is 0.663. The van der Waals surface area contributed by atoms with Gasteiger partial charge in [0.2, 0.25) is 15.9 Å². The van der Waals surface area contributed by atoms with Gasteiger partial charge in [-0.05, 0) is 67.5 Å². The lowest BCUT2D eigenvalue weighted by Gasteiger charge is -2.33. The molecule has 6 heteroatoms. The highest BCUT2D eigenvalue weighted by Gasteiger charge is 2.34. The van der Waals surface area contributed by atoms with Crippen molar-refractivity contribution in [1.82, 2.24) is 4.31 Å². The second kappa shape index (κ2) is 8.74. The third kappa shape index (κ3) is 4.07. The van der Waals surface area contributed by atoms with Crippen molar-refractivity contribution in [1.29, 1.82) is 0 Å². The lowest BCUT2D eigenvalue weighted by atomic mass is 9.96. The molecule has 2 aromatic carbocycles. The number of rotatable bonds is 6. The molecule has 1 heterocycles. The summed E-state index contributed by atoms with van der Waals surface area (Å²) in [5.74, 6) is -0.146. The molecule has 0 saturated carbocycles. The molecule has 0 N–H and O–H groups in total. The van der Waals surface area contributed by atoms with Crippen molar-refractivity contribution >= 4 is 21.6 Å². The zero-order valence-electron chi connectivity index (χ0n) is 17.2. The normalized spacial score (nSPS) is 17.5. The van der Waals surface area contributed by atoms with Crippen LogP contribution in [0.5, 0.6) is 0 Å². The fourth-order valence-electron chi connectivity index (χ4n) is 4.48. The molecule has 0 atom stereocenters. The number of carbonyl (C=O) groups excluding carboxylic acids is 1. The molecule has 2 aliphatic rings. The first kappa shape index (κ1) is 20.8. The number of nitrogens with zero attached hydrogens (tertiary/aromatic N) is 2. The Morgan fingerprint density at radius 2 is 1.77 bits per heavy atom. The number of carbonyl (C=O) groups is 1. The minimum Gasteiger partial charge on any atom is -0.308 e. The summed E-state index contributed by atoms with van der Waals surface area (Å²) in [7, 11) is -3.52. The van der Waals surface area contributed by atoms with Crippen LogP contribution in [0.15, 0.2) is 66.1 Å². The van der Waals surface area contributed by atoms with Crippen LogP contribution in [0.25, 0.3) is 0 Å². The van der Waals surface area contributed by atoms with E-state index in [9.17, 15) is 13.2 Å². The zero-order valence-corrected chi connectivity index (χ0v) is 18.0. The highest BCUT2D eigenvalue weighted by atomic mass is 32.2. The Morgan fingerprint density at radius 1 is 1.07 bits per heavy atom. The van der Waals surface area contributed by atoms with Crippen LogP contribution >= 0.6 is 0 Å². The van der Waals surface area contributed by atoms with E-state index in [-0.39, 0.29) is 11.8 Å². The molecule has 30 heavy (non-hydrogen) atoms. The van der Waals surface area contributed by atoms with Crippen LogP contribution < -0.4 is 4.90 Å². The van der Waals surface area contributed by atoms with Crippen LogP contribution in [0.2, 0.25) is 0 Å². The van der Waals surface area contributed by atoms with Crippen LogP contribution in [0, 0.1) is 5.92 Å². The summed E-state index contributed by atoms with van der Waals surface area (Å²) in [5.41, 5.74) is 3.26. The van der Waals surface area contributed by atoms with Gasteiger partial charge in [0, 0.05) is 31.2 Å². The van der Waals surface area contributed by atoms with E-state index in [4.69, 9.17) is 0 Å². The van der Waals surface area contributed by atoms with E-state index in [0.717, 1.165) is 30.5 Å². The number of benzene rings is 2. The third-order valence-corrected chi connectivity index (χ3v) is 8.05. The second-order valence-corrected chi connectivity index (χ2v) is 9.97. The van der Waals surface area contributed by atoms with Crippen molar-refractivity contribution in [3.05, 3.63) is 72.3 Å². The van der Waals surface area contributed by atoms with E-state index in [1.165, 1.54) is 9.87 Å². The number of anilines is 1. The molecule has 1 aliphatic carbocycles. The molecule has 1 saturated heterocycles. The van der Waals surface area contributed by atoms with Gasteiger partial charge < -0.3 is 4.90 Å². The van der Waals surface area contributed by atoms with Crippen molar-refractivity contribution in [3.8, 4) is 0 Å². The number of amides is 1. The maximum absolute atomic E-state index is 13.2. The molecule has 0 spiro atoms. The van der Waals surface area contributed by atoms with E-state index in [2.05, 4.69) is 6.58 Å². The molecule has 158 valence electrons. The van der Waals surface area contributed by atoms with E-state index in [1.807, 2.05) is 42.5 Å². The summed E-state index contributed by atoms with van der Waals surface area (Å²) in [6.45, 7) is 4.95. The maximum Gasteiger partial charge on any atom is 0.243 e. The minimum absolute atomic E-state index is 0.0377. The topological polar surface area (TPSA) is 57.7 Å². The Hall–Kier alpha value is -2.44. The molecule has 0 bridgehead atoms. The monoisotopic (exact) mass is 424 g/mol. The van der Waals surface area contributed by atoms with Crippen molar-refractivity contribution in [3.63, 3.8) is 0 Å². The molecule has 1 fully saturated rings. The minimum atomic E-state index is -3.52. The largest absolute Gasteiger partial charge is 0.308 e. The maximum atomic E-state index is 13.2. The standard InChI is InChI=1S/C24H28N2O3S/c1-2-15-26(22-9-4-3-5-10-22)24(27)20-13-16-25(17-14-20)30(28,29)23-12-11-19-7-6-8-21(19)18-23/h2-5,9-12,18,20H,1,6-8,13-17H2. The third-order valence-electron chi connectivity index (χ3n) is 6.16. The molecule has 0 unspecified atom stereocenters. The highest BCUT2D eigenvalue weighted by molar-refractivity contribution is 7.89. The summed E-state index contributed by atoms with van der Waals surface area (Å²) in [5, 5.41) is 0. The van der Waals surface area contributed by atoms with Crippen LogP contribution in [-0.4, -0.2) is 38.3 Å². The molecule has 0 radical (unpaired) electrons. The van der Waals surface area contributed by atoms with Gasteiger partial charge in [0.1, 0.15) is 0 Å². The van der Waals surface area contributed by atoms with Crippen molar-refractivity contribution in [2.75, 3.05) is 24.5 Å². The fourth-order valence-corrected chi connectivity index (χ4v) is 6.00. The van der Waals surface area contributed by atoms with Gasteiger partial charge in [0.25, 0.3) is 0 Å². The molecular formula is C24H28N2O3S. The van der Waals surface area contributed by atoms with Crippen molar-refractivity contribution in [2.45, 2.75) is 37.0 Å². The first-order valence-corrected chi connectivity index (χ1v) is 12.0. The van der Waals surface area contributed by atoms with E-state index >= 15 is 0 Å². The van der Waals surface area contributed by atoms with Gasteiger partial charge in [0.05, 0.1) is 4.90 Å². The molecule has 1 aliphatic heterocycles. The first-order chi connectivity index (χ1) is 14.5. The molecule has 4 rings (SSSR count). The van der Waals surface area contributed by atoms with Crippen LogP contribution in [-0.2, 0) is 27.7 Å². The van der Waals surface area contributed by atoms with E-state index in [1.54, 1.807) is 17.0 Å². The zero-order chi connectivity index (χ0) is 21.1. The van der Waals surface area contributed by atoms with Gasteiger partial charge >= 0.3 is 0 Å². The van der Waals surface area contributed by atoms with Gasteiger partial charge in [-0.15, -0.1) is 6.58 Å². The van der Waals surface area contributed by atoms with Gasteiger partial charge in [-0.1, -0.05) is 30.3 Å². The van der Waals surface area contributed by atoms with Gasteiger partial charge in [0.15, 0.2) is 0 Å². The van der Waals surface area contributed by atoms with Crippen molar-refractivity contribution in [2.24, 2.45) is 5.92 Å². The smallest absolute Gasteiger partial charge is 0.243 e. The van der Waals surface area contributed by atoms with Crippen LogP contribution in [0.3, 0.4) is 0 Å². The Balaban J connectivity index is 1.45. The molecule has 5 nitrogen and oxygen atoms in total. The average molecular weight is 425 g/mol. The molecular weight excluding hydrogens is 396 g/mol. The summed E-state index contributed by atoms with van der Waals surface area (Å²) >= 11 is 0. The first-order valence-electron chi connectivity index (χ1n) is 10.6. The number of sulfonamides is 1.